The van der Waals surface area contributed by atoms with Gasteiger partial charge < -0.3 is 14.2 Å². The van der Waals surface area contributed by atoms with Crippen LogP contribution in [0.25, 0.3) is 16.6 Å². The third-order valence-corrected chi connectivity index (χ3v) is 9.22. The van der Waals surface area contributed by atoms with Gasteiger partial charge in [-0.1, -0.05) is 19.1 Å². The maximum atomic E-state index is 14.6. The van der Waals surface area contributed by atoms with Crippen molar-refractivity contribution >= 4 is 28.6 Å². The van der Waals surface area contributed by atoms with Gasteiger partial charge in [-0.3, -0.25) is 4.79 Å². The Morgan fingerprint density at radius 3 is 2.49 bits per heavy atom. The molecule has 4 nitrogen and oxygen atoms in total. The molecule has 0 bridgehead atoms. The summed E-state index contributed by atoms with van der Waals surface area (Å²) in [5.74, 6) is 0.787. The highest BCUT2D eigenvalue weighted by atomic mass is 32.2. The first-order valence-electron chi connectivity index (χ1n) is 14.6. The molecule has 216 valence electrons. The van der Waals surface area contributed by atoms with Gasteiger partial charge in [0.05, 0.1) is 12.6 Å². The molecule has 41 heavy (non-hydrogen) atoms. The smallest absolute Gasteiger partial charge is 0.305 e. The molecule has 1 aromatic heterocycles. The SMILES string of the molecule is CCc1c(C2CCN(CCCSc3ccc(F)cc3)CC2)c2ccc(F)cc2n1-c1cccc(CCC(=O)OC)c1. The molecule has 0 unspecified atom stereocenters. The van der Waals surface area contributed by atoms with Crippen LogP contribution >= 0.6 is 11.8 Å². The Morgan fingerprint density at radius 1 is 1.00 bits per heavy atom. The maximum absolute atomic E-state index is 14.6. The molecule has 1 aliphatic rings. The summed E-state index contributed by atoms with van der Waals surface area (Å²) in [5.41, 5.74) is 5.56. The normalized spacial score (nSPS) is 14.5. The Morgan fingerprint density at radius 2 is 1.76 bits per heavy atom. The van der Waals surface area contributed by atoms with Crippen molar-refractivity contribution in [2.45, 2.75) is 56.3 Å². The first kappa shape index (κ1) is 29.3. The molecule has 0 N–H and O–H groups in total. The molecule has 2 heterocycles. The molecule has 1 fully saturated rings. The molecule has 7 heteroatoms. The van der Waals surface area contributed by atoms with Gasteiger partial charge in [-0.25, -0.2) is 8.78 Å². The molecule has 0 saturated carbocycles. The van der Waals surface area contributed by atoms with Crippen molar-refractivity contribution in [1.29, 1.82) is 0 Å². The van der Waals surface area contributed by atoms with Gasteiger partial charge in [0, 0.05) is 28.1 Å². The molecule has 4 aromatic rings. The van der Waals surface area contributed by atoms with Crippen LogP contribution in [0.4, 0.5) is 8.78 Å². The van der Waals surface area contributed by atoms with Gasteiger partial charge in [0.2, 0.25) is 0 Å². The van der Waals surface area contributed by atoms with Crippen molar-refractivity contribution < 1.29 is 18.3 Å². The fourth-order valence-electron chi connectivity index (χ4n) is 6.09. The second-order valence-corrected chi connectivity index (χ2v) is 11.9. The zero-order valence-electron chi connectivity index (χ0n) is 23.9. The summed E-state index contributed by atoms with van der Waals surface area (Å²) >= 11 is 1.78. The van der Waals surface area contributed by atoms with Gasteiger partial charge in [0.1, 0.15) is 11.6 Å². The maximum Gasteiger partial charge on any atom is 0.305 e. The highest BCUT2D eigenvalue weighted by molar-refractivity contribution is 7.99. The van der Waals surface area contributed by atoms with Crippen molar-refractivity contribution in [2.75, 3.05) is 32.5 Å². The molecule has 0 amide bonds. The number of methoxy groups -OCH3 is 1. The van der Waals surface area contributed by atoms with E-state index < -0.39 is 0 Å². The molecule has 5 rings (SSSR count). The lowest BCUT2D eigenvalue weighted by Gasteiger charge is -2.32. The number of carbonyl (C=O) groups is 1. The molecular formula is C34H38F2N2O2S. The third-order valence-electron chi connectivity index (χ3n) is 8.12. The highest BCUT2D eigenvalue weighted by Gasteiger charge is 2.27. The number of esters is 1. The van der Waals surface area contributed by atoms with E-state index >= 15 is 0 Å². The Kier molecular flexibility index (Phi) is 9.78. The number of ether oxygens (including phenoxy) is 1. The first-order chi connectivity index (χ1) is 20.0. The van der Waals surface area contributed by atoms with E-state index in [4.69, 9.17) is 4.74 Å². The van der Waals surface area contributed by atoms with E-state index in [0.29, 0.717) is 18.8 Å². The van der Waals surface area contributed by atoms with Crippen LogP contribution in [-0.4, -0.2) is 47.9 Å². The summed E-state index contributed by atoms with van der Waals surface area (Å²) in [6.07, 6.45) is 5.03. The predicted molar refractivity (Wildman–Crippen MR) is 163 cm³/mol. The minimum absolute atomic E-state index is 0.194. The average molecular weight is 577 g/mol. The molecule has 0 aliphatic carbocycles. The van der Waals surface area contributed by atoms with Gasteiger partial charge in [-0.05, 0) is 129 Å². The predicted octanol–water partition coefficient (Wildman–Crippen LogP) is 7.94. The summed E-state index contributed by atoms with van der Waals surface area (Å²) in [6, 6.07) is 20.1. The van der Waals surface area contributed by atoms with Crippen LogP contribution < -0.4 is 0 Å². The number of rotatable bonds is 11. The number of carbonyl (C=O) groups excluding carboxylic acids is 1. The van der Waals surface area contributed by atoms with Crippen molar-refractivity contribution in [1.82, 2.24) is 9.47 Å². The lowest BCUT2D eigenvalue weighted by molar-refractivity contribution is -0.140. The van der Waals surface area contributed by atoms with Crippen LogP contribution in [0.3, 0.4) is 0 Å². The van der Waals surface area contributed by atoms with Gasteiger partial charge in [0.15, 0.2) is 0 Å². The number of aromatic nitrogens is 1. The van der Waals surface area contributed by atoms with Gasteiger partial charge in [-0.15, -0.1) is 11.8 Å². The minimum Gasteiger partial charge on any atom is -0.469 e. The number of thioether (sulfide) groups is 1. The largest absolute Gasteiger partial charge is 0.469 e. The number of aryl methyl sites for hydroxylation is 1. The van der Waals surface area contributed by atoms with E-state index in [1.165, 1.54) is 30.5 Å². The first-order valence-corrected chi connectivity index (χ1v) is 15.5. The van der Waals surface area contributed by atoms with Crippen LogP contribution in [-0.2, 0) is 22.4 Å². The second kappa shape index (κ2) is 13.7. The molecule has 0 radical (unpaired) electrons. The molecule has 1 saturated heterocycles. The number of hydrogen-bond acceptors (Lipinski definition) is 4. The van der Waals surface area contributed by atoms with E-state index in [9.17, 15) is 13.6 Å². The highest BCUT2D eigenvalue weighted by Crippen LogP contribution is 2.40. The zero-order valence-corrected chi connectivity index (χ0v) is 24.7. The van der Waals surface area contributed by atoms with Crippen molar-refractivity contribution in [3.8, 4) is 5.69 Å². The summed E-state index contributed by atoms with van der Waals surface area (Å²) < 4.78 is 34.8. The standard InChI is InChI=1S/C34H38F2N2O2S/c1-3-31-34(25-16-19-37(20-17-25)18-5-21-41-29-12-9-26(35)10-13-29)30-14-11-27(36)23-32(30)38(31)28-7-4-6-24(22-28)8-15-33(39)40-2/h4,6-7,9-14,22-23,25H,3,5,8,15-21H2,1-2H3. The number of benzene rings is 3. The topological polar surface area (TPSA) is 34.5 Å². The summed E-state index contributed by atoms with van der Waals surface area (Å²) in [6.45, 7) is 5.34. The monoisotopic (exact) mass is 576 g/mol. The van der Waals surface area contributed by atoms with Crippen LogP contribution in [0.5, 0.6) is 0 Å². The Bertz CT molecular complexity index is 1480. The van der Waals surface area contributed by atoms with Crippen molar-refractivity contribution in [3.63, 3.8) is 0 Å². The zero-order chi connectivity index (χ0) is 28.8. The molecule has 0 atom stereocenters. The van der Waals surface area contributed by atoms with Crippen LogP contribution in [0, 0.1) is 11.6 Å². The van der Waals surface area contributed by atoms with E-state index in [1.54, 1.807) is 23.9 Å². The van der Waals surface area contributed by atoms with Crippen LogP contribution in [0.2, 0.25) is 0 Å². The Balaban J connectivity index is 1.31. The fraction of sp³-hybridized carbons (Fsp3) is 0.382. The quantitative estimate of drug-likeness (QED) is 0.103. The number of nitrogens with zero attached hydrogens (tertiary/aromatic N) is 2. The van der Waals surface area contributed by atoms with Crippen LogP contribution in [0.1, 0.15) is 55.3 Å². The summed E-state index contributed by atoms with van der Waals surface area (Å²) in [4.78, 5) is 15.4. The van der Waals surface area contributed by atoms with Crippen LogP contribution in [0.15, 0.2) is 71.6 Å². The number of likely N-dealkylation sites (tertiary alicyclic amines) is 1. The molecule has 0 spiro atoms. The van der Waals surface area contributed by atoms with E-state index in [-0.39, 0.29) is 17.6 Å². The van der Waals surface area contributed by atoms with E-state index in [2.05, 4.69) is 28.5 Å². The van der Waals surface area contributed by atoms with Crippen molar-refractivity contribution in [2.24, 2.45) is 0 Å². The Labute approximate surface area is 245 Å². The number of halogens is 2. The molecule has 1 aliphatic heterocycles. The Hall–Kier alpha value is -3.16. The van der Waals surface area contributed by atoms with Gasteiger partial charge in [0.25, 0.3) is 0 Å². The summed E-state index contributed by atoms with van der Waals surface area (Å²) in [5, 5.41) is 1.14. The fourth-order valence-corrected chi connectivity index (χ4v) is 6.93. The minimum atomic E-state index is -0.236. The van der Waals surface area contributed by atoms with Gasteiger partial charge in [-0.2, -0.15) is 0 Å². The molecular weight excluding hydrogens is 538 g/mol. The average Bonchev–Trinajstić information content (AvgIpc) is 3.32. The number of fused-ring (bicyclic) bond motifs is 1. The number of piperidine rings is 1. The third kappa shape index (κ3) is 7.02. The number of hydrogen-bond donors (Lipinski definition) is 0. The summed E-state index contributed by atoms with van der Waals surface area (Å²) in [7, 11) is 1.41. The lowest BCUT2D eigenvalue weighted by Crippen LogP contribution is -2.34. The van der Waals surface area contributed by atoms with Crippen molar-refractivity contribution in [3.05, 3.63) is 95.2 Å². The molecule has 3 aromatic carbocycles. The van der Waals surface area contributed by atoms with E-state index in [1.807, 2.05) is 30.3 Å². The van der Waals surface area contributed by atoms with E-state index in [0.717, 1.165) is 78.1 Å². The van der Waals surface area contributed by atoms with Gasteiger partial charge >= 0.3 is 5.97 Å². The lowest BCUT2D eigenvalue weighted by atomic mass is 9.87. The second-order valence-electron chi connectivity index (χ2n) is 10.7.